The number of hydrogen-bond donors (Lipinski definition) is 1. The first-order valence-corrected chi connectivity index (χ1v) is 6.14. The quantitative estimate of drug-likeness (QED) is 0.822. The molecular formula is C13H21N3. The maximum absolute atomic E-state index is 4.81. The Bertz CT molecular complexity index is 362. The van der Waals surface area contributed by atoms with Crippen LogP contribution in [0.3, 0.4) is 0 Å². The number of nitrogens with one attached hydrogen (secondary N) is 1. The molecule has 1 aliphatic heterocycles. The number of aromatic nitrogens is 1. The molecular weight excluding hydrogens is 198 g/mol. The van der Waals surface area contributed by atoms with E-state index in [-0.39, 0.29) is 0 Å². The van der Waals surface area contributed by atoms with Crippen LogP contribution in [0, 0.1) is 0 Å². The van der Waals surface area contributed by atoms with Crippen molar-refractivity contribution in [1.29, 1.82) is 0 Å². The summed E-state index contributed by atoms with van der Waals surface area (Å²) in [5.41, 5.74) is 2.69. The zero-order valence-electron chi connectivity index (χ0n) is 10.5. The second-order valence-electron chi connectivity index (χ2n) is 4.58. The summed E-state index contributed by atoms with van der Waals surface area (Å²) < 4.78 is 0. The Hall–Kier alpha value is -1.09. The van der Waals surface area contributed by atoms with Gasteiger partial charge in [-0.15, -0.1) is 0 Å². The van der Waals surface area contributed by atoms with Crippen LogP contribution in [0.15, 0.2) is 12.1 Å². The number of nitrogens with zero attached hydrogens (tertiary/aromatic N) is 2. The van der Waals surface area contributed by atoms with E-state index in [0.29, 0.717) is 5.92 Å². The molecule has 1 aromatic rings. The summed E-state index contributed by atoms with van der Waals surface area (Å²) in [7, 11) is 2.09. The average Bonchev–Trinajstić information content (AvgIpc) is 2.50. The van der Waals surface area contributed by atoms with Crippen molar-refractivity contribution >= 4 is 5.82 Å². The van der Waals surface area contributed by atoms with Crippen molar-refractivity contribution in [3.05, 3.63) is 23.4 Å². The van der Waals surface area contributed by atoms with Gasteiger partial charge < -0.3 is 10.2 Å². The van der Waals surface area contributed by atoms with Gasteiger partial charge in [-0.25, -0.2) is 4.98 Å². The predicted octanol–water partition coefficient (Wildman–Crippen LogP) is 1.79. The molecule has 0 radical (unpaired) electrons. The Morgan fingerprint density at radius 1 is 1.50 bits per heavy atom. The molecule has 16 heavy (non-hydrogen) atoms. The normalized spacial score (nSPS) is 20.1. The van der Waals surface area contributed by atoms with E-state index in [9.17, 15) is 0 Å². The average molecular weight is 219 g/mol. The van der Waals surface area contributed by atoms with E-state index in [1.54, 1.807) is 0 Å². The second kappa shape index (κ2) is 4.83. The Morgan fingerprint density at radius 2 is 2.31 bits per heavy atom. The van der Waals surface area contributed by atoms with E-state index >= 15 is 0 Å². The Balaban J connectivity index is 2.35. The lowest BCUT2D eigenvalue weighted by atomic mass is 10.0. The van der Waals surface area contributed by atoms with Gasteiger partial charge in [-0.3, -0.25) is 0 Å². The SMILES string of the molecule is CCN(C)c1ccc2c(n1)C(C)CNCC2. The minimum Gasteiger partial charge on any atom is -0.360 e. The topological polar surface area (TPSA) is 28.2 Å². The lowest BCUT2D eigenvalue weighted by molar-refractivity contribution is 0.635. The summed E-state index contributed by atoms with van der Waals surface area (Å²) >= 11 is 0. The molecule has 1 aliphatic rings. The monoisotopic (exact) mass is 219 g/mol. The third kappa shape index (κ3) is 2.19. The van der Waals surface area contributed by atoms with Gasteiger partial charge in [-0.2, -0.15) is 0 Å². The number of fused-ring (bicyclic) bond motifs is 1. The highest BCUT2D eigenvalue weighted by atomic mass is 15.2. The summed E-state index contributed by atoms with van der Waals surface area (Å²) in [5.74, 6) is 1.61. The van der Waals surface area contributed by atoms with Gasteiger partial charge in [0.25, 0.3) is 0 Å². The van der Waals surface area contributed by atoms with E-state index in [1.165, 1.54) is 11.3 Å². The van der Waals surface area contributed by atoms with Crippen LogP contribution in [-0.2, 0) is 6.42 Å². The van der Waals surface area contributed by atoms with Crippen molar-refractivity contribution in [2.75, 3.05) is 31.6 Å². The molecule has 0 aromatic carbocycles. The first-order valence-electron chi connectivity index (χ1n) is 6.14. The second-order valence-corrected chi connectivity index (χ2v) is 4.58. The van der Waals surface area contributed by atoms with Crippen molar-refractivity contribution in [3.8, 4) is 0 Å². The molecule has 0 saturated heterocycles. The Kier molecular flexibility index (Phi) is 3.44. The van der Waals surface area contributed by atoms with Crippen molar-refractivity contribution in [2.24, 2.45) is 0 Å². The highest BCUT2D eigenvalue weighted by Gasteiger charge is 2.16. The van der Waals surface area contributed by atoms with E-state index in [0.717, 1.165) is 31.9 Å². The van der Waals surface area contributed by atoms with E-state index in [4.69, 9.17) is 4.98 Å². The van der Waals surface area contributed by atoms with Gasteiger partial charge in [0.1, 0.15) is 5.82 Å². The minimum atomic E-state index is 0.516. The molecule has 0 aliphatic carbocycles. The number of rotatable bonds is 2. The smallest absolute Gasteiger partial charge is 0.128 e. The van der Waals surface area contributed by atoms with Crippen molar-refractivity contribution in [1.82, 2.24) is 10.3 Å². The number of anilines is 1. The van der Waals surface area contributed by atoms with Crippen molar-refractivity contribution in [2.45, 2.75) is 26.2 Å². The highest BCUT2D eigenvalue weighted by molar-refractivity contribution is 5.42. The zero-order chi connectivity index (χ0) is 11.5. The third-order valence-electron chi connectivity index (χ3n) is 3.35. The van der Waals surface area contributed by atoms with Crippen LogP contribution >= 0.6 is 0 Å². The largest absolute Gasteiger partial charge is 0.360 e. The molecule has 0 fully saturated rings. The van der Waals surface area contributed by atoms with E-state index in [1.807, 2.05) is 0 Å². The first kappa shape index (κ1) is 11.4. The minimum absolute atomic E-state index is 0.516. The lowest BCUT2D eigenvalue weighted by Crippen LogP contribution is -2.20. The highest BCUT2D eigenvalue weighted by Crippen LogP contribution is 2.23. The standard InChI is InChI=1S/C13H21N3/c1-4-16(3)12-6-5-11-7-8-14-9-10(2)13(11)15-12/h5-6,10,14H,4,7-9H2,1-3H3. The molecule has 3 heteroatoms. The van der Waals surface area contributed by atoms with Gasteiger partial charge in [0, 0.05) is 26.1 Å². The van der Waals surface area contributed by atoms with Crippen LogP contribution in [-0.4, -0.2) is 31.7 Å². The molecule has 88 valence electrons. The molecule has 1 atom stereocenters. The molecule has 0 bridgehead atoms. The van der Waals surface area contributed by atoms with Crippen LogP contribution in [0.2, 0.25) is 0 Å². The molecule has 0 spiro atoms. The lowest BCUT2D eigenvalue weighted by Gasteiger charge is -2.19. The van der Waals surface area contributed by atoms with Crippen molar-refractivity contribution in [3.63, 3.8) is 0 Å². The molecule has 0 saturated carbocycles. The van der Waals surface area contributed by atoms with Crippen LogP contribution in [0.5, 0.6) is 0 Å². The Labute approximate surface area is 97.9 Å². The van der Waals surface area contributed by atoms with Gasteiger partial charge in [0.05, 0.1) is 5.69 Å². The number of pyridine rings is 1. The fourth-order valence-electron chi connectivity index (χ4n) is 2.14. The first-order chi connectivity index (χ1) is 7.72. The van der Waals surface area contributed by atoms with Gasteiger partial charge in [0.15, 0.2) is 0 Å². The van der Waals surface area contributed by atoms with E-state index in [2.05, 4.69) is 43.2 Å². The zero-order valence-corrected chi connectivity index (χ0v) is 10.5. The molecule has 0 amide bonds. The summed E-state index contributed by atoms with van der Waals surface area (Å²) in [6.45, 7) is 7.51. The Morgan fingerprint density at radius 3 is 3.06 bits per heavy atom. The molecule has 2 rings (SSSR count). The van der Waals surface area contributed by atoms with Crippen LogP contribution in [0.1, 0.15) is 31.0 Å². The summed E-state index contributed by atoms with van der Waals surface area (Å²) in [6, 6.07) is 4.38. The fourth-order valence-corrected chi connectivity index (χ4v) is 2.14. The number of hydrogen-bond acceptors (Lipinski definition) is 3. The fraction of sp³-hybridized carbons (Fsp3) is 0.615. The van der Waals surface area contributed by atoms with Gasteiger partial charge in [-0.05, 0) is 31.5 Å². The van der Waals surface area contributed by atoms with Gasteiger partial charge in [0.2, 0.25) is 0 Å². The van der Waals surface area contributed by atoms with Crippen LogP contribution in [0.4, 0.5) is 5.82 Å². The predicted molar refractivity (Wildman–Crippen MR) is 68.2 cm³/mol. The molecule has 1 unspecified atom stereocenters. The summed E-state index contributed by atoms with van der Waals surface area (Å²) in [5, 5.41) is 3.45. The van der Waals surface area contributed by atoms with Crippen molar-refractivity contribution < 1.29 is 0 Å². The van der Waals surface area contributed by atoms with Gasteiger partial charge >= 0.3 is 0 Å². The van der Waals surface area contributed by atoms with Gasteiger partial charge in [-0.1, -0.05) is 13.0 Å². The maximum Gasteiger partial charge on any atom is 0.128 e. The third-order valence-corrected chi connectivity index (χ3v) is 3.35. The molecule has 1 aromatic heterocycles. The molecule has 3 nitrogen and oxygen atoms in total. The summed E-state index contributed by atoms with van der Waals surface area (Å²) in [4.78, 5) is 7.00. The van der Waals surface area contributed by atoms with E-state index < -0.39 is 0 Å². The maximum atomic E-state index is 4.81. The molecule has 1 N–H and O–H groups in total. The van der Waals surface area contributed by atoms with Crippen LogP contribution < -0.4 is 10.2 Å². The molecule has 2 heterocycles. The van der Waals surface area contributed by atoms with Crippen LogP contribution in [0.25, 0.3) is 0 Å². The summed E-state index contributed by atoms with van der Waals surface area (Å²) in [6.07, 6.45) is 1.10.